The van der Waals surface area contributed by atoms with E-state index in [1.54, 1.807) is 6.07 Å². The molecule has 2 aromatic heterocycles. The second kappa shape index (κ2) is 8.95. The van der Waals surface area contributed by atoms with Crippen LogP contribution < -0.4 is 0 Å². The maximum Gasteiger partial charge on any atom is 0.312 e. The number of aromatic nitrogens is 2. The summed E-state index contributed by atoms with van der Waals surface area (Å²) >= 11 is 0. The second-order valence-corrected chi connectivity index (χ2v) is 9.34. The number of benzene rings is 4. The Hall–Kier alpha value is -3.48. The van der Waals surface area contributed by atoms with Crippen LogP contribution in [0.3, 0.4) is 0 Å². The molecule has 0 saturated carbocycles. The first-order chi connectivity index (χ1) is 16.5. The summed E-state index contributed by atoms with van der Waals surface area (Å²) in [5.41, 5.74) is 7.35. The van der Waals surface area contributed by atoms with Gasteiger partial charge in [0.25, 0.3) is 0 Å². The van der Waals surface area contributed by atoms with Gasteiger partial charge in [0.2, 0.25) is 0 Å². The Morgan fingerprint density at radius 1 is 0.771 bits per heavy atom. The maximum atomic E-state index is 10.3. The van der Waals surface area contributed by atoms with E-state index < -0.39 is 10.1 Å². The van der Waals surface area contributed by atoms with Gasteiger partial charge in [0.1, 0.15) is 0 Å². The molecule has 0 spiro atoms. The summed E-state index contributed by atoms with van der Waals surface area (Å²) < 4.78 is 29.1. The van der Waals surface area contributed by atoms with Crippen molar-refractivity contribution < 1.29 is 33.1 Å². The fourth-order valence-corrected chi connectivity index (χ4v) is 5.03. The third-order valence-corrected chi connectivity index (χ3v) is 6.76. The summed E-state index contributed by atoms with van der Waals surface area (Å²) in [6.45, 7) is 0. The molecule has 6 aromatic rings. The van der Waals surface area contributed by atoms with Crippen molar-refractivity contribution in [3.63, 3.8) is 0 Å². The van der Waals surface area contributed by atoms with Crippen molar-refractivity contribution in [2.75, 3.05) is 0 Å². The number of hydrogen-bond donors (Lipinski definition) is 1. The van der Waals surface area contributed by atoms with Gasteiger partial charge in [-0.2, -0.15) is 8.42 Å². The quantitative estimate of drug-likeness (QED) is 0.0972. The molecule has 0 unspecified atom stereocenters. The van der Waals surface area contributed by atoms with E-state index in [-0.39, 0.29) is 25.1 Å². The van der Waals surface area contributed by atoms with E-state index >= 15 is 0 Å². The predicted molar refractivity (Wildman–Crippen MR) is 134 cm³/mol. The van der Waals surface area contributed by atoms with Crippen molar-refractivity contribution in [2.45, 2.75) is 5.03 Å². The molecule has 173 valence electrons. The second-order valence-electron chi connectivity index (χ2n) is 7.97. The monoisotopic (exact) mass is 654 g/mol. The standard InChI is InChI=1S/C23H12N.C5H5NO3S.Ir/c1-2-7-15-14(6-1)12-13-19-21-17-9-4-3-8-16(17)18-10-5-11-20(22(18)21)24-23(15)19;7-10(8,9)5-3-1-2-4-6-5;/h1-6,8-13H;1-4H,(H,7,8,9);/q-1;;. The van der Waals surface area contributed by atoms with Gasteiger partial charge in [-0.15, -0.1) is 35.0 Å². The van der Waals surface area contributed by atoms with E-state index in [1.807, 2.05) is 12.1 Å². The molecule has 0 atom stereocenters. The van der Waals surface area contributed by atoms with Crippen LogP contribution in [0.25, 0.3) is 54.8 Å². The van der Waals surface area contributed by atoms with Crippen LogP contribution in [0.2, 0.25) is 0 Å². The summed E-state index contributed by atoms with van der Waals surface area (Å²) in [6.07, 6.45) is 1.29. The van der Waals surface area contributed by atoms with Crippen LogP contribution in [0.15, 0.2) is 102 Å². The number of hydrogen-bond acceptors (Lipinski definition) is 4. The molecule has 0 aliphatic heterocycles. The van der Waals surface area contributed by atoms with Crippen LogP contribution in [-0.2, 0) is 30.2 Å². The number of nitrogens with zero attached hydrogens (tertiary/aromatic N) is 2. The van der Waals surface area contributed by atoms with Gasteiger partial charge < -0.3 is 0 Å². The largest absolute Gasteiger partial charge is 0.312 e. The van der Waals surface area contributed by atoms with Crippen LogP contribution >= 0.6 is 0 Å². The van der Waals surface area contributed by atoms with Gasteiger partial charge >= 0.3 is 10.1 Å². The van der Waals surface area contributed by atoms with Crippen molar-refractivity contribution in [1.82, 2.24) is 9.97 Å². The summed E-state index contributed by atoms with van der Waals surface area (Å²) in [4.78, 5) is 8.43. The molecule has 1 aliphatic carbocycles. The minimum Gasteiger partial charge on any atom is -0.296 e. The predicted octanol–water partition coefficient (Wildman–Crippen LogP) is 6.31. The molecule has 0 saturated heterocycles. The van der Waals surface area contributed by atoms with Crippen molar-refractivity contribution in [1.29, 1.82) is 0 Å². The molecule has 1 aliphatic rings. The van der Waals surface area contributed by atoms with E-state index in [2.05, 4.69) is 71.7 Å². The van der Waals surface area contributed by atoms with E-state index in [1.165, 1.54) is 56.7 Å². The summed E-state index contributed by atoms with van der Waals surface area (Å²) in [6, 6.07) is 33.3. The fourth-order valence-electron chi connectivity index (χ4n) is 4.59. The van der Waals surface area contributed by atoms with Crippen LogP contribution in [0.1, 0.15) is 0 Å². The minimum atomic E-state index is -4.11. The number of pyridine rings is 2. The topological polar surface area (TPSA) is 80.2 Å². The van der Waals surface area contributed by atoms with Gasteiger partial charge in [-0.1, -0.05) is 54.6 Å². The van der Waals surface area contributed by atoms with Crippen molar-refractivity contribution in [3.8, 4) is 22.3 Å². The van der Waals surface area contributed by atoms with Gasteiger partial charge in [0, 0.05) is 31.7 Å². The van der Waals surface area contributed by atoms with Gasteiger partial charge in [-0.25, -0.2) is 4.98 Å². The van der Waals surface area contributed by atoms with Gasteiger partial charge in [-0.05, 0) is 51.4 Å². The molecule has 7 rings (SSSR count). The molecule has 4 aromatic carbocycles. The van der Waals surface area contributed by atoms with Crippen molar-refractivity contribution in [3.05, 3.63) is 103 Å². The Labute approximate surface area is 215 Å². The molecule has 1 N–H and O–H groups in total. The zero-order valence-corrected chi connectivity index (χ0v) is 21.3. The summed E-state index contributed by atoms with van der Waals surface area (Å²) in [7, 11) is -4.11. The molecular formula is C28H17IrN2O3S-. The molecule has 0 bridgehead atoms. The van der Waals surface area contributed by atoms with E-state index in [0.29, 0.717) is 0 Å². The first-order valence-electron chi connectivity index (χ1n) is 10.7. The molecule has 5 nitrogen and oxygen atoms in total. The van der Waals surface area contributed by atoms with Gasteiger partial charge in [0.05, 0.1) is 5.52 Å². The zero-order valence-electron chi connectivity index (χ0n) is 18.1. The first kappa shape index (κ1) is 23.3. The van der Waals surface area contributed by atoms with E-state index in [0.717, 1.165) is 16.4 Å². The van der Waals surface area contributed by atoms with Crippen molar-refractivity contribution in [2.24, 2.45) is 0 Å². The smallest absolute Gasteiger partial charge is 0.296 e. The Morgan fingerprint density at radius 3 is 2.29 bits per heavy atom. The average Bonchev–Trinajstić information content (AvgIpc) is 3.21. The minimum absolute atomic E-state index is 0. The SMILES string of the molecule is O=S(=O)(O)c1ccccn1.[Ir].[c-]1cccc2ccc3c4c5c(cccc5nc3c12)-c1ccccc1-4. The number of fused-ring (bicyclic) bond motifs is 7. The zero-order chi connectivity index (χ0) is 23.3. The normalized spacial score (nSPS) is 11.6. The van der Waals surface area contributed by atoms with Crippen LogP contribution in [-0.4, -0.2) is 22.9 Å². The summed E-state index contributed by atoms with van der Waals surface area (Å²) in [5, 5.41) is 4.46. The third-order valence-electron chi connectivity index (χ3n) is 5.99. The fraction of sp³-hybridized carbons (Fsp3) is 0. The van der Waals surface area contributed by atoms with Crippen molar-refractivity contribution >= 4 is 42.7 Å². The van der Waals surface area contributed by atoms with Crippen LogP contribution in [0.4, 0.5) is 0 Å². The molecule has 0 amide bonds. The molecule has 2 heterocycles. The maximum absolute atomic E-state index is 10.3. The van der Waals surface area contributed by atoms with Gasteiger partial charge in [0.15, 0.2) is 5.03 Å². The molecule has 1 radical (unpaired) electrons. The summed E-state index contributed by atoms with van der Waals surface area (Å²) in [5.74, 6) is 0. The Bertz CT molecular complexity index is 1840. The van der Waals surface area contributed by atoms with Crippen LogP contribution in [0, 0.1) is 6.07 Å². The Morgan fingerprint density at radius 2 is 1.54 bits per heavy atom. The van der Waals surface area contributed by atoms with Gasteiger partial charge in [-0.3, -0.25) is 9.54 Å². The molecule has 7 heteroatoms. The average molecular weight is 654 g/mol. The van der Waals surface area contributed by atoms with E-state index in [4.69, 9.17) is 9.54 Å². The molecule has 35 heavy (non-hydrogen) atoms. The molecular weight excluding hydrogens is 637 g/mol. The van der Waals surface area contributed by atoms with Crippen LogP contribution in [0.5, 0.6) is 0 Å². The van der Waals surface area contributed by atoms with E-state index in [9.17, 15) is 8.42 Å². The number of rotatable bonds is 1. The molecule has 0 fully saturated rings. The Balaban J connectivity index is 0.000000197. The third kappa shape index (κ3) is 3.93. The Kier molecular flexibility index (Phi) is 5.95. The first-order valence-corrected chi connectivity index (χ1v) is 12.1.